The number of aromatic nitrogens is 4. The number of furan rings is 1. The SMILES string of the molecule is c1ccc(-c2ccc(-c3nc(-c4cccc(-c5ccccc5)c4)nc(-c4ccccc4-n4c5ccccc5c5c6oc7ccccc7c6ccc54)n3)cc2)cc1. The maximum Gasteiger partial charge on any atom is 0.166 e. The van der Waals surface area contributed by atoms with E-state index in [1.807, 2.05) is 24.3 Å². The van der Waals surface area contributed by atoms with Crippen molar-refractivity contribution in [2.75, 3.05) is 0 Å². The van der Waals surface area contributed by atoms with E-state index in [9.17, 15) is 0 Å². The van der Waals surface area contributed by atoms with Gasteiger partial charge >= 0.3 is 0 Å². The van der Waals surface area contributed by atoms with E-state index in [1.165, 1.54) is 0 Å². The molecule has 5 nitrogen and oxygen atoms in total. The first kappa shape index (κ1) is 31.9. The third kappa shape index (κ3) is 5.29. The molecule has 0 spiro atoms. The fraction of sp³-hybridized carbons (Fsp3) is 0. The van der Waals surface area contributed by atoms with Crippen LogP contribution in [0, 0.1) is 0 Å². The molecule has 0 saturated heterocycles. The van der Waals surface area contributed by atoms with E-state index < -0.39 is 0 Å². The first-order valence-corrected chi connectivity index (χ1v) is 18.8. The summed E-state index contributed by atoms with van der Waals surface area (Å²) >= 11 is 0. The summed E-state index contributed by atoms with van der Waals surface area (Å²) in [4.78, 5) is 15.6. The molecule has 0 saturated carbocycles. The Morgan fingerprint density at radius 1 is 0.357 bits per heavy atom. The van der Waals surface area contributed by atoms with Crippen molar-refractivity contribution in [1.82, 2.24) is 19.5 Å². The summed E-state index contributed by atoms with van der Waals surface area (Å²) in [5.41, 5.74) is 12.1. The van der Waals surface area contributed by atoms with Gasteiger partial charge in [0.25, 0.3) is 0 Å². The van der Waals surface area contributed by atoms with Gasteiger partial charge in [-0.1, -0.05) is 152 Å². The van der Waals surface area contributed by atoms with Gasteiger partial charge in [-0.2, -0.15) is 0 Å². The van der Waals surface area contributed by atoms with Crippen molar-refractivity contribution >= 4 is 43.7 Å². The number of hydrogen-bond donors (Lipinski definition) is 0. The highest BCUT2D eigenvalue weighted by molar-refractivity contribution is 6.24. The average Bonchev–Trinajstić information content (AvgIpc) is 3.83. The summed E-state index contributed by atoms with van der Waals surface area (Å²) in [5, 5.41) is 4.42. The van der Waals surface area contributed by atoms with Crippen molar-refractivity contribution in [2.45, 2.75) is 0 Å². The second-order valence-electron chi connectivity index (χ2n) is 14.0. The van der Waals surface area contributed by atoms with Crippen LogP contribution in [-0.2, 0) is 0 Å². The average molecular weight is 717 g/mol. The molecule has 0 atom stereocenters. The summed E-state index contributed by atoms with van der Waals surface area (Å²) in [6.45, 7) is 0. The van der Waals surface area contributed by atoms with E-state index in [2.05, 4.69) is 174 Å². The smallest absolute Gasteiger partial charge is 0.166 e. The lowest BCUT2D eigenvalue weighted by Crippen LogP contribution is -2.03. The molecule has 0 aliphatic carbocycles. The van der Waals surface area contributed by atoms with Gasteiger partial charge in [0.15, 0.2) is 17.5 Å². The first-order chi connectivity index (χ1) is 27.8. The molecule has 0 aliphatic rings. The minimum Gasteiger partial charge on any atom is -0.455 e. The van der Waals surface area contributed by atoms with Gasteiger partial charge in [0.05, 0.1) is 22.1 Å². The first-order valence-electron chi connectivity index (χ1n) is 18.8. The van der Waals surface area contributed by atoms with Crippen molar-refractivity contribution < 1.29 is 4.42 Å². The van der Waals surface area contributed by atoms with Crippen LogP contribution in [0.2, 0.25) is 0 Å². The molecule has 0 fully saturated rings. The Morgan fingerprint density at radius 2 is 0.929 bits per heavy atom. The molecular formula is C51H32N4O. The van der Waals surface area contributed by atoms with Crippen LogP contribution in [0.4, 0.5) is 0 Å². The lowest BCUT2D eigenvalue weighted by molar-refractivity contribution is 0.673. The second-order valence-corrected chi connectivity index (χ2v) is 14.0. The Hall–Kier alpha value is -7.63. The molecule has 3 heterocycles. The van der Waals surface area contributed by atoms with Crippen LogP contribution in [0.1, 0.15) is 0 Å². The van der Waals surface area contributed by atoms with Crippen LogP contribution >= 0.6 is 0 Å². The van der Waals surface area contributed by atoms with Crippen LogP contribution in [0.15, 0.2) is 199 Å². The Balaban J connectivity index is 1.13. The van der Waals surface area contributed by atoms with Gasteiger partial charge in [-0.3, -0.25) is 0 Å². The number of nitrogens with zero attached hydrogens (tertiary/aromatic N) is 4. The third-order valence-corrected chi connectivity index (χ3v) is 10.7. The molecule has 5 heteroatoms. The number of rotatable bonds is 6. The fourth-order valence-electron chi connectivity index (χ4n) is 8.02. The van der Waals surface area contributed by atoms with Gasteiger partial charge in [-0.15, -0.1) is 0 Å². The standard InChI is InChI=1S/C51H32N4O/c1-3-14-33(15-4-1)35-26-28-36(29-27-35)49-52-50(38-19-13-18-37(32-38)34-16-5-2-6-17-34)54-51(53-49)42-22-8-11-24-44(42)55-43-23-10-7-21-41(43)47-45(55)31-30-40-39-20-9-12-25-46(39)56-48(40)47/h1-32H. The molecule has 0 N–H and O–H groups in total. The van der Waals surface area contributed by atoms with Crippen LogP contribution < -0.4 is 0 Å². The zero-order valence-corrected chi connectivity index (χ0v) is 30.2. The molecule has 11 rings (SSSR count). The molecule has 11 aromatic rings. The van der Waals surface area contributed by atoms with E-state index in [1.54, 1.807) is 0 Å². The summed E-state index contributed by atoms with van der Waals surface area (Å²) in [7, 11) is 0. The number of para-hydroxylation sites is 3. The Bertz CT molecular complexity index is 3240. The van der Waals surface area contributed by atoms with Crippen LogP contribution in [-0.4, -0.2) is 19.5 Å². The van der Waals surface area contributed by atoms with E-state index in [-0.39, 0.29) is 0 Å². The highest BCUT2D eigenvalue weighted by atomic mass is 16.3. The lowest BCUT2D eigenvalue weighted by atomic mass is 10.0. The number of fused-ring (bicyclic) bond motifs is 7. The maximum absolute atomic E-state index is 6.60. The van der Waals surface area contributed by atoms with E-state index in [0.717, 1.165) is 88.4 Å². The van der Waals surface area contributed by atoms with Gasteiger partial charge < -0.3 is 8.98 Å². The Morgan fingerprint density at radius 3 is 1.73 bits per heavy atom. The minimum atomic E-state index is 0.591. The normalized spacial score (nSPS) is 11.6. The number of benzene rings is 8. The Kier molecular flexibility index (Phi) is 7.42. The molecule has 262 valence electrons. The largest absolute Gasteiger partial charge is 0.455 e. The molecule has 56 heavy (non-hydrogen) atoms. The summed E-state index contributed by atoms with van der Waals surface area (Å²) in [6, 6.07) is 67.3. The van der Waals surface area contributed by atoms with Crippen molar-refractivity contribution in [3.8, 4) is 62.1 Å². The molecule has 3 aromatic heterocycles. The summed E-state index contributed by atoms with van der Waals surface area (Å²) in [5.74, 6) is 1.81. The molecular weight excluding hydrogens is 685 g/mol. The highest BCUT2D eigenvalue weighted by Crippen LogP contribution is 2.42. The maximum atomic E-state index is 6.60. The van der Waals surface area contributed by atoms with Crippen molar-refractivity contribution in [3.63, 3.8) is 0 Å². The van der Waals surface area contributed by atoms with Gasteiger partial charge in [0.2, 0.25) is 0 Å². The van der Waals surface area contributed by atoms with Crippen molar-refractivity contribution in [1.29, 1.82) is 0 Å². The topological polar surface area (TPSA) is 56.7 Å². The van der Waals surface area contributed by atoms with Gasteiger partial charge in [0.1, 0.15) is 11.2 Å². The van der Waals surface area contributed by atoms with Crippen LogP contribution in [0.3, 0.4) is 0 Å². The second kappa shape index (κ2) is 13.0. The van der Waals surface area contributed by atoms with E-state index in [0.29, 0.717) is 17.5 Å². The molecule has 0 bridgehead atoms. The molecule has 0 radical (unpaired) electrons. The van der Waals surface area contributed by atoms with Gasteiger partial charge in [-0.25, -0.2) is 15.0 Å². The Labute approximate surface area is 322 Å². The van der Waals surface area contributed by atoms with E-state index >= 15 is 0 Å². The zero-order chi connectivity index (χ0) is 37.0. The van der Waals surface area contributed by atoms with Crippen molar-refractivity contribution in [2.24, 2.45) is 0 Å². The highest BCUT2D eigenvalue weighted by Gasteiger charge is 2.22. The molecule has 0 aliphatic heterocycles. The molecule has 0 amide bonds. The lowest BCUT2D eigenvalue weighted by Gasteiger charge is -2.15. The minimum absolute atomic E-state index is 0.591. The van der Waals surface area contributed by atoms with Crippen LogP contribution in [0.5, 0.6) is 0 Å². The predicted octanol–water partition coefficient (Wildman–Crippen LogP) is 13.2. The van der Waals surface area contributed by atoms with Gasteiger partial charge in [-0.05, 0) is 64.7 Å². The van der Waals surface area contributed by atoms with E-state index in [4.69, 9.17) is 19.4 Å². The summed E-state index contributed by atoms with van der Waals surface area (Å²) in [6.07, 6.45) is 0. The van der Waals surface area contributed by atoms with Crippen molar-refractivity contribution in [3.05, 3.63) is 194 Å². The fourth-order valence-corrected chi connectivity index (χ4v) is 8.02. The molecule has 8 aromatic carbocycles. The number of hydrogen-bond acceptors (Lipinski definition) is 4. The molecule has 0 unspecified atom stereocenters. The predicted molar refractivity (Wildman–Crippen MR) is 229 cm³/mol. The summed E-state index contributed by atoms with van der Waals surface area (Å²) < 4.78 is 8.92. The van der Waals surface area contributed by atoms with Gasteiger partial charge in [0, 0.05) is 32.8 Å². The van der Waals surface area contributed by atoms with Crippen LogP contribution in [0.25, 0.3) is 106 Å². The quantitative estimate of drug-likeness (QED) is 0.172. The monoisotopic (exact) mass is 716 g/mol. The third-order valence-electron chi connectivity index (χ3n) is 10.7. The zero-order valence-electron chi connectivity index (χ0n) is 30.2.